The highest BCUT2D eigenvalue weighted by atomic mass is 16.5. The van der Waals surface area contributed by atoms with Crippen molar-refractivity contribution in [1.29, 1.82) is 5.26 Å². The smallest absolute Gasteiger partial charge is 0.327 e. The van der Waals surface area contributed by atoms with Gasteiger partial charge in [-0.1, -0.05) is 12.1 Å². The Balaban J connectivity index is 1.53. The van der Waals surface area contributed by atoms with E-state index in [4.69, 9.17) is 4.74 Å². The molecule has 0 aliphatic heterocycles. The van der Waals surface area contributed by atoms with Crippen LogP contribution in [0.1, 0.15) is 24.2 Å². The summed E-state index contributed by atoms with van der Waals surface area (Å²) >= 11 is 0. The lowest BCUT2D eigenvalue weighted by Gasteiger charge is -2.07. The Morgan fingerprint density at radius 2 is 2.09 bits per heavy atom. The van der Waals surface area contributed by atoms with Crippen LogP contribution in [-0.2, 0) is 0 Å². The molecule has 166 valence electrons. The minimum absolute atomic E-state index is 0.0190. The van der Waals surface area contributed by atoms with E-state index in [2.05, 4.69) is 35.0 Å². The van der Waals surface area contributed by atoms with Gasteiger partial charge in [0.25, 0.3) is 5.62 Å². The molecule has 1 aromatic carbocycles. The molecule has 4 aromatic heterocycles. The van der Waals surface area contributed by atoms with Crippen LogP contribution in [-0.4, -0.2) is 45.7 Å². The maximum Gasteiger partial charge on any atom is 0.327 e. The highest BCUT2D eigenvalue weighted by Crippen LogP contribution is 2.27. The predicted octanol–water partition coefficient (Wildman–Crippen LogP) is 0.669. The second-order valence-electron chi connectivity index (χ2n) is 7.73. The molecule has 3 N–H and O–H groups in total. The number of pyridine rings is 1. The zero-order valence-electron chi connectivity index (χ0n) is 17.4. The van der Waals surface area contributed by atoms with Crippen molar-refractivity contribution < 1.29 is 9.84 Å². The summed E-state index contributed by atoms with van der Waals surface area (Å²) in [7, 11) is 0. The molecule has 1 aliphatic rings. The molecule has 1 fully saturated rings. The van der Waals surface area contributed by atoms with E-state index in [-0.39, 0.29) is 29.3 Å². The molecule has 5 aromatic rings. The van der Waals surface area contributed by atoms with Gasteiger partial charge >= 0.3 is 11.7 Å². The molecular formula is C22H15N9O3. The molecule has 0 unspecified atom stereocenters. The average molecular weight is 453 g/mol. The standard InChI is InChI=1S/C22H15N9O3/c23-9-14-5-4-11-2-1-3-16(17(11)25-14)34-22-28-18-12(8-15-19(32)29-21(33)27-15)10-24-31(18)20(30-22)26-13-6-7-13/h1-5,8,10,13,32H,6-7H2,(H2,27,29,33). The van der Waals surface area contributed by atoms with Gasteiger partial charge in [0.2, 0.25) is 5.88 Å². The van der Waals surface area contributed by atoms with Gasteiger partial charge in [-0.15, -0.1) is 0 Å². The van der Waals surface area contributed by atoms with Crippen LogP contribution >= 0.6 is 0 Å². The van der Waals surface area contributed by atoms with Crippen molar-refractivity contribution in [3.63, 3.8) is 0 Å². The summed E-state index contributed by atoms with van der Waals surface area (Å²) in [5, 5.41) is 24.8. The number of hydrogen-bond acceptors (Lipinski definition) is 9. The number of imidazole rings is 1. The van der Waals surface area contributed by atoms with Gasteiger partial charge in [0.05, 0.1) is 12.2 Å². The summed E-state index contributed by atoms with van der Waals surface area (Å²) < 4.78 is 7.50. The fourth-order valence-corrected chi connectivity index (χ4v) is 3.47. The van der Waals surface area contributed by atoms with Crippen molar-refractivity contribution in [2.24, 2.45) is 4.99 Å². The monoisotopic (exact) mass is 453 g/mol. The van der Waals surface area contributed by atoms with Crippen LogP contribution in [0.5, 0.6) is 17.6 Å². The van der Waals surface area contributed by atoms with E-state index >= 15 is 0 Å². The predicted molar refractivity (Wildman–Crippen MR) is 118 cm³/mol. The summed E-state index contributed by atoms with van der Waals surface area (Å²) in [4.78, 5) is 34.2. The van der Waals surface area contributed by atoms with E-state index in [1.807, 2.05) is 18.2 Å². The molecule has 0 spiro atoms. The summed E-state index contributed by atoms with van der Waals surface area (Å²) in [6.45, 7) is 0. The second kappa shape index (κ2) is 7.52. The Hall–Kier alpha value is -5.05. The third-order valence-electron chi connectivity index (χ3n) is 5.24. The summed E-state index contributed by atoms with van der Waals surface area (Å²) in [5.74, 6) is 0.0851. The normalized spacial score (nSPS) is 14.7. The topological polar surface area (TPSA) is 170 Å². The van der Waals surface area contributed by atoms with Crippen molar-refractivity contribution in [2.75, 3.05) is 0 Å². The molecule has 34 heavy (non-hydrogen) atoms. The molecule has 6 rings (SSSR count). The molecule has 0 amide bonds. The fraction of sp³-hybridized carbons (Fsp3) is 0.136. The fourth-order valence-electron chi connectivity index (χ4n) is 3.47. The Labute approximate surface area is 189 Å². The first kappa shape index (κ1) is 19.6. The number of aromatic nitrogens is 7. The number of aromatic hydroxyl groups is 1. The molecule has 0 saturated heterocycles. The van der Waals surface area contributed by atoms with Crippen LogP contribution in [0.4, 0.5) is 0 Å². The number of rotatable bonds is 4. The first-order valence-corrected chi connectivity index (χ1v) is 10.4. The van der Waals surface area contributed by atoms with Crippen LogP contribution in [0.15, 0.2) is 46.3 Å². The van der Waals surface area contributed by atoms with Crippen molar-refractivity contribution >= 4 is 22.6 Å². The first-order valence-electron chi connectivity index (χ1n) is 10.4. The molecule has 1 saturated carbocycles. The number of H-pyrrole nitrogens is 2. The van der Waals surface area contributed by atoms with Crippen LogP contribution < -0.4 is 21.3 Å². The highest BCUT2D eigenvalue weighted by Gasteiger charge is 2.21. The molecule has 1 aliphatic carbocycles. The Morgan fingerprint density at radius 3 is 2.85 bits per heavy atom. The molecule has 4 heterocycles. The molecule has 0 bridgehead atoms. The second-order valence-corrected chi connectivity index (χ2v) is 7.73. The van der Waals surface area contributed by atoms with Gasteiger partial charge in [0, 0.05) is 10.6 Å². The summed E-state index contributed by atoms with van der Waals surface area (Å²) in [6, 6.07) is 11.0. The van der Waals surface area contributed by atoms with Crippen molar-refractivity contribution in [3.05, 3.63) is 69.2 Å². The maximum atomic E-state index is 11.5. The number of ether oxygens (including phenoxy) is 1. The lowest BCUT2D eigenvalue weighted by molar-refractivity contribution is 0.439. The molecule has 0 radical (unpaired) electrons. The largest absolute Gasteiger partial charge is 0.493 e. The number of para-hydroxylation sites is 1. The van der Waals surface area contributed by atoms with E-state index in [9.17, 15) is 15.2 Å². The SMILES string of the molecule is N#Cc1ccc2cccc(Oc3nc(=NC4CC4)n4ncc(=Cc5[nH]c(=O)[nH]c5O)c4n3)c2n1. The van der Waals surface area contributed by atoms with E-state index in [0.717, 1.165) is 18.2 Å². The lowest BCUT2D eigenvalue weighted by atomic mass is 10.2. The Morgan fingerprint density at radius 1 is 1.21 bits per heavy atom. The van der Waals surface area contributed by atoms with Gasteiger partial charge in [-0.2, -0.15) is 24.8 Å². The third-order valence-corrected chi connectivity index (χ3v) is 5.24. The number of benzene rings is 1. The number of aromatic amines is 2. The van der Waals surface area contributed by atoms with Crippen LogP contribution in [0.3, 0.4) is 0 Å². The summed E-state index contributed by atoms with van der Waals surface area (Å²) in [6.07, 6.45) is 4.99. The molecule has 0 atom stereocenters. The first-order chi connectivity index (χ1) is 16.6. The third kappa shape index (κ3) is 3.51. The van der Waals surface area contributed by atoms with E-state index < -0.39 is 5.69 Å². The molecule has 12 heteroatoms. The number of nitrogens with zero attached hydrogens (tertiary/aromatic N) is 7. The molecule has 12 nitrogen and oxygen atoms in total. The van der Waals surface area contributed by atoms with E-state index in [1.54, 1.807) is 18.2 Å². The van der Waals surface area contributed by atoms with Crippen molar-refractivity contribution in [3.8, 4) is 23.7 Å². The van der Waals surface area contributed by atoms with Crippen LogP contribution in [0.25, 0.3) is 22.6 Å². The Kier molecular flexibility index (Phi) is 4.34. The van der Waals surface area contributed by atoms with Gasteiger partial charge in [-0.3, -0.25) is 4.98 Å². The minimum atomic E-state index is -0.538. The quantitative estimate of drug-likeness (QED) is 0.356. The van der Waals surface area contributed by atoms with Gasteiger partial charge < -0.3 is 14.8 Å². The van der Waals surface area contributed by atoms with Crippen molar-refractivity contribution in [1.82, 2.24) is 34.5 Å². The number of nitrogens with one attached hydrogen (secondary N) is 2. The number of nitriles is 1. The van der Waals surface area contributed by atoms with Gasteiger partial charge in [-0.25, -0.2) is 14.8 Å². The highest BCUT2D eigenvalue weighted by molar-refractivity contribution is 5.85. The lowest BCUT2D eigenvalue weighted by Crippen LogP contribution is -2.23. The Bertz CT molecular complexity index is 1810. The van der Waals surface area contributed by atoms with Crippen LogP contribution in [0.2, 0.25) is 0 Å². The number of hydrogen-bond donors (Lipinski definition) is 3. The average Bonchev–Trinajstić information content (AvgIpc) is 3.47. The maximum absolute atomic E-state index is 11.5. The zero-order valence-corrected chi connectivity index (χ0v) is 17.4. The van der Waals surface area contributed by atoms with Gasteiger partial charge in [0.15, 0.2) is 11.4 Å². The minimum Gasteiger partial charge on any atom is -0.493 e. The van der Waals surface area contributed by atoms with Gasteiger partial charge in [0.1, 0.15) is 23.0 Å². The van der Waals surface area contributed by atoms with E-state index in [1.165, 1.54) is 16.8 Å². The van der Waals surface area contributed by atoms with Crippen LogP contribution in [0, 0.1) is 11.3 Å². The van der Waals surface area contributed by atoms with Crippen molar-refractivity contribution in [2.45, 2.75) is 18.9 Å². The van der Waals surface area contributed by atoms with Gasteiger partial charge in [-0.05, 0) is 37.1 Å². The van der Waals surface area contributed by atoms with E-state index in [0.29, 0.717) is 27.8 Å². The summed E-state index contributed by atoms with van der Waals surface area (Å²) in [5.41, 5.74) is 1.10. The molecular weight excluding hydrogens is 438 g/mol. The zero-order chi connectivity index (χ0) is 23.2. The number of fused-ring (bicyclic) bond motifs is 2.